The van der Waals surface area contributed by atoms with E-state index in [-0.39, 0.29) is 6.04 Å². The van der Waals surface area contributed by atoms with E-state index in [0.717, 1.165) is 88.3 Å². The van der Waals surface area contributed by atoms with Gasteiger partial charge in [0.05, 0.1) is 53.6 Å². The third-order valence-corrected chi connectivity index (χ3v) is 10.0. The molecule has 1 aliphatic carbocycles. The summed E-state index contributed by atoms with van der Waals surface area (Å²) in [5, 5.41) is 5.79. The van der Waals surface area contributed by atoms with Gasteiger partial charge in [0.25, 0.3) is 0 Å². The number of nitrogens with zero attached hydrogens (tertiary/aromatic N) is 1. The van der Waals surface area contributed by atoms with Crippen molar-refractivity contribution in [3.63, 3.8) is 0 Å². The summed E-state index contributed by atoms with van der Waals surface area (Å²) < 4.78 is 44.0. The van der Waals surface area contributed by atoms with Crippen LogP contribution in [0.15, 0.2) is 54.7 Å². The number of rotatable bonds is 8. The molecule has 0 radical (unpaired) electrons. The molecule has 1 unspecified atom stereocenters. The number of aryl methyl sites for hydroxylation is 2. The summed E-state index contributed by atoms with van der Waals surface area (Å²) in [4.78, 5) is 0. The van der Waals surface area contributed by atoms with E-state index in [1.165, 1.54) is 16.7 Å². The van der Waals surface area contributed by atoms with Gasteiger partial charge in [-0.3, -0.25) is 0 Å². The van der Waals surface area contributed by atoms with E-state index in [1.807, 2.05) is 6.07 Å². The third-order valence-electron chi connectivity index (χ3n) is 10.0. The van der Waals surface area contributed by atoms with E-state index in [2.05, 4.69) is 58.5 Å². The van der Waals surface area contributed by atoms with Crippen LogP contribution in [0.3, 0.4) is 0 Å². The highest BCUT2D eigenvalue weighted by Gasteiger charge is 2.35. The van der Waals surface area contributed by atoms with Gasteiger partial charge in [-0.1, -0.05) is 0 Å². The summed E-state index contributed by atoms with van der Waals surface area (Å²) in [5.41, 5.74) is 9.21. The summed E-state index contributed by atoms with van der Waals surface area (Å²) in [6.45, 7) is 1.73. The van der Waals surface area contributed by atoms with Crippen LogP contribution in [0.2, 0.25) is 0 Å². The molecule has 0 bridgehead atoms. The van der Waals surface area contributed by atoms with Crippen molar-refractivity contribution in [2.75, 3.05) is 49.2 Å². The molecule has 0 saturated carbocycles. The summed E-state index contributed by atoms with van der Waals surface area (Å²) >= 11 is 0. The van der Waals surface area contributed by atoms with Gasteiger partial charge in [0.15, 0.2) is 58.7 Å². The van der Waals surface area contributed by atoms with E-state index in [0.29, 0.717) is 28.7 Å². The van der Waals surface area contributed by atoms with Crippen molar-refractivity contribution in [2.45, 2.75) is 31.8 Å². The molecule has 1 aromatic heterocycles. The Balaban J connectivity index is 1.24. The van der Waals surface area contributed by atoms with Crippen LogP contribution in [0.5, 0.6) is 46.0 Å². The number of benzene rings is 4. The molecule has 0 saturated heterocycles. The molecule has 2 aliphatic heterocycles. The highest BCUT2D eigenvalue weighted by Crippen LogP contribution is 2.53. The molecular weight excluding hydrogens is 608 g/mol. The quantitative estimate of drug-likeness (QED) is 0.189. The lowest BCUT2D eigenvalue weighted by molar-refractivity contribution is -0.686. The second-order valence-electron chi connectivity index (χ2n) is 12.3. The van der Waals surface area contributed by atoms with Gasteiger partial charge in [-0.25, -0.2) is 0 Å². The Morgan fingerprint density at radius 2 is 1.31 bits per heavy atom. The van der Waals surface area contributed by atoms with Crippen LogP contribution in [-0.2, 0) is 25.8 Å². The number of methoxy groups -OCH3 is 6. The molecule has 3 heterocycles. The molecule has 0 spiro atoms. The number of fused-ring (bicyclic) bond motifs is 6. The van der Waals surface area contributed by atoms with E-state index >= 15 is 0 Å². The minimum absolute atomic E-state index is 0.164. The zero-order chi connectivity index (χ0) is 33.1. The van der Waals surface area contributed by atoms with Gasteiger partial charge >= 0.3 is 0 Å². The van der Waals surface area contributed by atoms with Gasteiger partial charge in [0.1, 0.15) is 0 Å². The Hall–Kier alpha value is -5.15. The van der Waals surface area contributed by atoms with Crippen molar-refractivity contribution in [3.05, 3.63) is 77.0 Å². The number of hydrogen-bond acceptors (Lipinski definition) is 8. The summed E-state index contributed by atoms with van der Waals surface area (Å²) in [5.74, 6) is 5.44. The van der Waals surface area contributed by atoms with E-state index in [4.69, 9.17) is 33.2 Å². The first-order valence-corrected chi connectivity index (χ1v) is 16.2. The molecule has 0 fully saturated rings. The van der Waals surface area contributed by atoms with Gasteiger partial charge in [-0.05, 0) is 95.1 Å². The molecule has 4 aromatic carbocycles. The first-order chi connectivity index (χ1) is 23.5. The fourth-order valence-corrected chi connectivity index (χ4v) is 7.80. The van der Waals surface area contributed by atoms with Crippen molar-refractivity contribution in [1.82, 2.24) is 5.32 Å². The van der Waals surface area contributed by atoms with Crippen LogP contribution in [0, 0.1) is 0 Å². The van der Waals surface area contributed by atoms with Crippen LogP contribution in [0.1, 0.15) is 28.3 Å². The minimum Gasteiger partial charge on any atom is -0.493 e. The summed E-state index contributed by atoms with van der Waals surface area (Å²) in [6.07, 6.45) is 4.75. The number of pyridine rings is 1. The molecule has 246 valence electrons. The molecule has 8 rings (SSSR count). The predicted octanol–water partition coefficient (Wildman–Crippen LogP) is 6.60. The topological polar surface area (TPSA) is 80.5 Å². The smallest absolute Gasteiger partial charge is 0.213 e. The molecular formula is C39H39N2O7+. The maximum atomic E-state index is 6.75. The standard InChI is InChI=1S/C39H39N2O7/c1-42-30-8-7-21-14-29-25-18-34(31(43-2)15-22(25)10-12-41(29)20-27(21)38(30)46-5)48-33-17-24-13-28-36-23(9-11-40-28)16-35(45-4)39(47-6)37(36)26(24)19-32(33)44-3/h7-8,14-20,28,40H,9-13H2,1-6H3/q+1. The SMILES string of the molecule is COc1cc2c(cc1Oc1cc3c(cc1OC)CC[n+]1cc4c(OC)c(OC)ccc4cc1-3)CC1NCCc3cc(OC)c(OC)c-2c31. The molecule has 3 aliphatic rings. The summed E-state index contributed by atoms with van der Waals surface area (Å²) in [7, 11) is 10.1. The zero-order valence-electron chi connectivity index (χ0n) is 28.1. The number of ether oxygens (including phenoxy) is 7. The lowest BCUT2D eigenvalue weighted by Gasteiger charge is -2.36. The Morgan fingerprint density at radius 1 is 0.625 bits per heavy atom. The zero-order valence-corrected chi connectivity index (χ0v) is 28.1. The van der Waals surface area contributed by atoms with Crippen LogP contribution < -0.4 is 43.0 Å². The Bertz CT molecular complexity index is 2110. The molecule has 5 aromatic rings. The Morgan fingerprint density at radius 3 is 2.06 bits per heavy atom. The lowest BCUT2D eigenvalue weighted by Crippen LogP contribution is -2.40. The van der Waals surface area contributed by atoms with Crippen molar-refractivity contribution in [1.29, 1.82) is 0 Å². The lowest BCUT2D eigenvalue weighted by atomic mass is 9.77. The second kappa shape index (κ2) is 11.8. The Kier molecular flexibility index (Phi) is 7.44. The van der Waals surface area contributed by atoms with Crippen LogP contribution in [-0.4, -0.2) is 49.2 Å². The van der Waals surface area contributed by atoms with Crippen LogP contribution in [0.4, 0.5) is 0 Å². The normalized spacial score (nSPS) is 15.4. The molecule has 0 amide bonds. The van der Waals surface area contributed by atoms with Crippen molar-refractivity contribution >= 4 is 10.8 Å². The average Bonchev–Trinajstić information content (AvgIpc) is 3.12. The molecule has 9 heteroatoms. The van der Waals surface area contributed by atoms with E-state index in [9.17, 15) is 0 Å². The largest absolute Gasteiger partial charge is 0.493 e. The monoisotopic (exact) mass is 647 g/mol. The molecule has 48 heavy (non-hydrogen) atoms. The van der Waals surface area contributed by atoms with Crippen molar-refractivity contribution in [2.24, 2.45) is 0 Å². The van der Waals surface area contributed by atoms with Gasteiger partial charge in [-0.2, -0.15) is 4.57 Å². The van der Waals surface area contributed by atoms with Gasteiger partial charge in [-0.15, -0.1) is 0 Å². The first kappa shape index (κ1) is 30.2. The van der Waals surface area contributed by atoms with Gasteiger partial charge in [0.2, 0.25) is 5.69 Å². The molecule has 1 N–H and O–H groups in total. The minimum atomic E-state index is 0.164. The van der Waals surface area contributed by atoms with Gasteiger partial charge < -0.3 is 38.5 Å². The summed E-state index contributed by atoms with van der Waals surface area (Å²) in [6, 6.07) is 16.9. The maximum Gasteiger partial charge on any atom is 0.213 e. The number of hydrogen-bond donors (Lipinski definition) is 1. The number of nitrogens with one attached hydrogen (secondary N) is 1. The van der Waals surface area contributed by atoms with Crippen molar-refractivity contribution in [3.8, 4) is 68.4 Å². The van der Waals surface area contributed by atoms with Crippen LogP contribution in [0.25, 0.3) is 33.2 Å². The molecule has 9 nitrogen and oxygen atoms in total. The molecule has 1 atom stereocenters. The first-order valence-electron chi connectivity index (χ1n) is 16.2. The fourth-order valence-electron chi connectivity index (χ4n) is 7.80. The third kappa shape index (κ3) is 4.59. The Labute approximate surface area is 279 Å². The van der Waals surface area contributed by atoms with Crippen molar-refractivity contribution < 1.29 is 37.7 Å². The van der Waals surface area contributed by atoms with Crippen LogP contribution >= 0.6 is 0 Å². The average molecular weight is 648 g/mol. The predicted molar refractivity (Wildman–Crippen MR) is 183 cm³/mol. The number of aromatic nitrogens is 1. The highest BCUT2D eigenvalue weighted by molar-refractivity contribution is 5.92. The highest BCUT2D eigenvalue weighted by atomic mass is 16.5. The van der Waals surface area contributed by atoms with Gasteiger partial charge in [0, 0.05) is 24.1 Å². The fraction of sp³-hybridized carbons (Fsp3) is 0.308. The van der Waals surface area contributed by atoms with E-state index in [1.54, 1.807) is 42.7 Å². The maximum absolute atomic E-state index is 6.75. The van der Waals surface area contributed by atoms with E-state index < -0.39 is 0 Å². The second-order valence-corrected chi connectivity index (χ2v) is 12.3.